The first-order chi connectivity index (χ1) is 8.85. The first-order valence-electron chi connectivity index (χ1n) is 7.23. The number of rotatable bonds is 2. The Balaban J connectivity index is 1.90. The van der Waals surface area contributed by atoms with Crippen molar-refractivity contribution in [3.05, 3.63) is 30.3 Å². The van der Waals surface area contributed by atoms with Crippen LogP contribution in [0.5, 0.6) is 0 Å². The van der Waals surface area contributed by atoms with Gasteiger partial charge in [0.15, 0.2) is 0 Å². The van der Waals surface area contributed by atoms with Crippen LogP contribution in [0.1, 0.15) is 33.6 Å². The maximum atomic E-state index is 12.9. The van der Waals surface area contributed by atoms with Crippen molar-refractivity contribution in [1.82, 2.24) is 0 Å². The summed E-state index contributed by atoms with van der Waals surface area (Å²) in [7, 11) is -3.24. The Hall–Kier alpha value is -0.590. The third-order valence-corrected chi connectivity index (χ3v) is 8.51. The summed E-state index contributed by atoms with van der Waals surface area (Å²) in [5.74, 6) is 1.58. The Morgan fingerprint density at radius 3 is 2.37 bits per heavy atom. The van der Waals surface area contributed by atoms with E-state index in [1.807, 2.05) is 18.2 Å². The highest BCUT2D eigenvalue weighted by molar-refractivity contribution is 7.66. The zero-order chi connectivity index (χ0) is 13.8. The molecule has 5 unspecified atom stereocenters. The molecule has 0 aliphatic heterocycles. The van der Waals surface area contributed by atoms with Crippen molar-refractivity contribution in [1.29, 1.82) is 0 Å². The second kappa shape index (κ2) is 4.20. The number of benzene rings is 1. The average Bonchev–Trinajstić information content (AvgIpc) is 2.39. The van der Waals surface area contributed by atoms with E-state index in [2.05, 4.69) is 20.8 Å². The summed E-state index contributed by atoms with van der Waals surface area (Å²) in [6.45, 7) is 6.82. The summed E-state index contributed by atoms with van der Waals surface area (Å²) < 4.78 is 12.9. The fraction of sp³-hybridized carbons (Fsp3) is 0.625. The summed E-state index contributed by atoms with van der Waals surface area (Å²) >= 11 is 0. The SMILES string of the molecule is CC1C2CC(CC1P(=O)(O)c1ccccc1)C2(C)C. The van der Waals surface area contributed by atoms with Crippen molar-refractivity contribution in [2.75, 3.05) is 0 Å². The van der Waals surface area contributed by atoms with Gasteiger partial charge in [-0.1, -0.05) is 39.0 Å². The molecule has 1 N–H and O–H groups in total. The highest BCUT2D eigenvalue weighted by Gasteiger charge is 2.59. The van der Waals surface area contributed by atoms with Gasteiger partial charge in [-0.15, -0.1) is 0 Å². The molecule has 0 saturated heterocycles. The molecule has 4 rings (SSSR count). The molecule has 0 heterocycles. The molecular formula is C16H23O2P. The molecular weight excluding hydrogens is 255 g/mol. The zero-order valence-electron chi connectivity index (χ0n) is 11.9. The molecule has 1 aromatic carbocycles. The van der Waals surface area contributed by atoms with Gasteiger partial charge in [-0.25, -0.2) is 0 Å². The first-order valence-corrected chi connectivity index (χ1v) is 8.96. The molecule has 0 amide bonds. The van der Waals surface area contributed by atoms with Crippen LogP contribution in [-0.4, -0.2) is 10.6 Å². The van der Waals surface area contributed by atoms with Gasteiger partial charge in [0.05, 0.1) is 0 Å². The van der Waals surface area contributed by atoms with Gasteiger partial charge >= 0.3 is 0 Å². The predicted octanol–water partition coefficient (Wildman–Crippen LogP) is 3.65. The lowest BCUT2D eigenvalue weighted by Crippen LogP contribution is -2.56. The van der Waals surface area contributed by atoms with E-state index in [9.17, 15) is 9.46 Å². The molecule has 2 bridgehead atoms. The van der Waals surface area contributed by atoms with Gasteiger partial charge in [0.25, 0.3) is 0 Å². The molecule has 0 aromatic heterocycles. The maximum absolute atomic E-state index is 12.9. The van der Waals surface area contributed by atoms with Gasteiger partial charge in [0.2, 0.25) is 7.37 Å². The molecule has 1 aromatic rings. The van der Waals surface area contributed by atoms with Gasteiger partial charge < -0.3 is 4.89 Å². The average molecular weight is 278 g/mol. The quantitative estimate of drug-likeness (QED) is 0.838. The minimum absolute atomic E-state index is 0.0494. The fourth-order valence-corrected chi connectivity index (χ4v) is 6.79. The van der Waals surface area contributed by atoms with E-state index in [4.69, 9.17) is 0 Å². The van der Waals surface area contributed by atoms with Gasteiger partial charge in [0, 0.05) is 11.0 Å². The summed E-state index contributed by atoms with van der Waals surface area (Å²) in [6.07, 6.45) is 2.16. The van der Waals surface area contributed by atoms with Crippen molar-refractivity contribution >= 4 is 12.7 Å². The van der Waals surface area contributed by atoms with E-state index >= 15 is 0 Å². The van der Waals surface area contributed by atoms with Gasteiger partial charge in [-0.3, -0.25) is 4.57 Å². The lowest BCUT2D eigenvalue weighted by Gasteiger charge is -2.62. The molecule has 3 heteroatoms. The molecule has 19 heavy (non-hydrogen) atoms. The van der Waals surface area contributed by atoms with Gasteiger partial charge in [0.1, 0.15) is 0 Å². The van der Waals surface area contributed by atoms with Crippen LogP contribution in [0.3, 0.4) is 0 Å². The Bertz CT molecular complexity index is 523. The number of fused-ring (bicyclic) bond motifs is 2. The van der Waals surface area contributed by atoms with Crippen LogP contribution in [0.15, 0.2) is 30.3 Å². The van der Waals surface area contributed by atoms with Crippen molar-refractivity contribution in [2.45, 2.75) is 39.3 Å². The third-order valence-electron chi connectivity index (χ3n) is 5.89. The molecule has 5 atom stereocenters. The molecule has 0 radical (unpaired) electrons. The Labute approximate surface area is 115 Å². The minimum Gasteiger partial charge on any atom is -0.341 e. The third kappa shape index (κ3) is 1.84. The highest BCUT2D eigenvalue weighted by Crippen LogP contribution is 2.67. The lowest BCUT2D eigenvalue weighted by molar-refractivity contribution is -0.0975. The molecule has 0 spiro atoms. The van der Waals surface area contributed by atoms with Crippen LogP contribution in [0.4, 0.5) is 0 Å². The topological polar surface area (TPSA) is 37.3 Å². The molecule has 3 aliphatic rings. The van der Waals surface area contributed by atoms with E-state index in [1.165, 1.54) is 6.42 Å². The number of hydrogen-bond acceptors (Lipinski definition) is 1. The summed E-state index contributed by atoms with van der Waals surface area (Å²) in [6, 6.07) is 9.22. The van der Waals surface area contributed by atoms with Crippen LogP contribution in [0.25, 0.3) is 0 Å². The van der Waals surface area contributed by atoms with Crippen LogP contribution in [-0.2, 0) is 4.57 Å². The largest absolute Gasteiger partial charge is 0.341 e. The van der Waals surface area contributed by atoms with E-state index in [-0.39, 0.29) is 5.66 Å². The van der Waals surface area contributed by atoms with E-state index in [1.54, 1.807) is 12.1 Å². The van der Waals surface area contributed by atoms with E-state index in [0.717, 1.165) is 6.42 Å². The summed E-state index contributed by atoms with van der Waals surface area (Å²) in [4.78, 5) is 10.6. The Kier molecular flexibility index (Phi) is 2.96. The second-order valence-electron chi connectivity index (χ2n) is 6.98. The first kappa shape index (κ1) is 13.4. The fourth-order valence-electron chi connectivity index (χ4n) is 4.42. The van der Waals surface area contributed by atoms with Crippen LogP contribution < -0.4 is 5.30 Å². The monoisotopic (exact) mass is 278 g/mol. The van der Waals surface area contributed by atoms with E-state index in [0.29, 0.717) is 28.5 Å². The second-order valence-corrected chi connectivity index (χ2v) is 9.41. The predicted molar refractivity (Wildman–Crippen MR) is 78.8 cm³/mol. The van der Waals surface area contributed by atoms with Gasteiger partial charge in [-0.05, 0) is 48.1 Å². The highest BCUT2D eigenvalue weighted by atomic mass is 31.2. The zero-order valence-corrected chi connectivity index (χ0v) is 12.8. The summed E-state index contributed by atoms with van der Waals surface area (Å²) in [5.41, 5.74) is 0.318. The molecule has 104 valence electrons. The lowest BCUT2D eigenvalue weighted by atomic mass is 9.46. The van der Waals surface area contributed by atoms with Crippen LogP contribution in [0.2, 0.25) is 0 Å². The molecule has 2 nitrogen and oxygen atoms in total. The standard InChI is InChI=1S/C16H23O2P/c1-11-14-9-12(16(14,2)3)10-15(11)19(17,18)13-7-5-4-6-8-13/h4-8,11-12,14-15H,9-10H2,1-3H3,(H,17,18). The van der Waals surface area contributed by atoms with Crippen LogP contribution >= 0.6 is 7.37 Å². The smallest absolute Gasteiger partial charge is 0.232 e. The molecule has 3 saturated carbocycles. The Morgan fingerprint density at radius 2 is 1.84 bits per heavy atom. The van der Waals surface area contributed by atoms with Crippen molar-refractivity contribution in [3.63, 3.8) is 0 Å². The minimum atomic E-state index is -3.24. The molecule has 3 fully saturated rings. The Morgan fingerprint density at radius 1 is 1.21 bits per heavy atom. The van der Waals surface area contributed by atoms with Crippen molar-refractivity contribution in [2.24, 2.45) is 23.2 Å². The van der Waals surface area contributed by atoms with Crippen LogP contribution in [0, 0.1) is 23.2 Å². The van der Waals surface area contributed by atoms with Gasteiger partial charge in [-0.2, -0.15) is 0 Å². The number of hydrogen-bond donors (Lipinski definition) is 1. The normalized spacial score (nSPS) is 39.2. The maximum Gasteiger partial charge on any atom is 0.232 e. The molecule has 3 aliphatic carbocycles. The van der Waals surface area contributed by atoms with E-state index < -0.39 is 7.37 Å². The van der Waals surface area contributed by atoms with Crippen molar-refractivity contribution in [3.8, 4) is 0 Å². The summed E-state index contributed by atoms with van der Waals surface area (Å²) in [5, 5.41) is 0.631. The van der Waals surface area contributed by atoms with Crippen molar-refractivity contribution < 1.29 is 9.46 Å².